The summed E-state index contributed by atoms with van der Waals surface area (Å²) in [5.74, 6) is 1.09. The lowest BCUT2D eigenvalue weighted by atomic mass is 9.80. The summed E-state index contributed by atoms with van der Waals surface area (Å²) in [5.41, 5.74) is 3.25. The largest absolute Gasteiger partial charge is 0.494 e. The summed E-state index contributed by atoms with van der Waals surface area (Å²) in [7, 11) is -0.653. The molecule has 1 aromatic carbocycles. The van der Waals surface area contributed by atoms with Crippen molar-refractivity contribution in [2.45, 2.75) is 25.6 Å². The van der Waals surface area contributed by atoms with Gasteiger partial charge in [0, 0.05) is 30.5 Å². The minimum Gasteiger partial charge on any atom is -0.494 e. The molecule has 1 aliphatic rings. The van der Waals surface area contributed by atoms with Crippen molar-refractivity contribution in [3.63, 3.8) is 0 Å². The van der Waals surface area contributed by atoms with Crippen LogP contribution < -0.4 is 4.74 Å². The first-order chi connectivity index (χ1) is 10.8. The lowest BCUT2D eigenvalue weighted by molar-refractivity contribution is 0.292. The number of nitrogens with zero attached hydrogens (tertiary/aromatic N) is 1. The standard InChI is InChI=1S/C17H20BNO3/c1-2-6-21-17-5-3-4-13(8-17)14-7-15(11-19-10-14)16-9-18(20)22-12-16/h3-5,7-8,10-11,16,20H,2,6,9,12H2,1H3/t16-/m1/s1. The van der Waals surface area contributed by atoms with E-state index in [1.165, 1.54) is 0 Å². The van der Waals surface area contributed by atoms with E-state index in [4.69, 9.17) is 9.39 Å². The van der Waals surface area contributed by atoms with Crippen molar-refractivity contribution < 1.29 is 14.4 Å². The Morgan fingerprint density at radius 1 is 1.32 bits per heavy atom. The van der Waals surface area contributed by atoms with E-state index in [0.717, 1.165) is 35.5 Å². The van der Waals surface area contributed by atoms with Crippen LogP contribution in [-0.2, 0) is 4.65 Å². The maximum atomic E-state index is 9.51. The van der Waals surface area contributed by atoms with Crippen LogP contribution in [-0.4, -0.2) is 30.3 Å². The number of hydrogen-bond donors (Lipinski definition) is 1. The molecule has 2 aromatic rings. The van der Waals surface area contributed by atoms with Crippen LogP contribution in [0.2, 0.25) is 6.32 Å². The van der Waals surface area contributed by atoms with E-state index in [-0.39, 0.29) is 5.92 Å². The van der Waals surface area contributed by atoms with Crippen molar-refractivity contribution in [1.82, 2.24) is 4.98 Å². The zero-order valence-corrected chi connectivity index (χ0v) is 12.7. The van der Waals surface area contributed by atoms with Crippen molar-refractivity contribution in [3.8, 4) is 16.9 Å². The third kappa shape index (κ3) is 3.48. The molecule has 4 nitrogen and oxygen atoms in total. The molecule has 1 fully saturated rings. The second-order valence-corrected chi connectivity index (χ2v) is 5.60. The molecule has 3 rings (SSSR count). The Morgan fingerprint density at radius 2 is 2.23 bits per heavy atom. The highest BCUT2D eigenvalue weighted by Gasteiger charge is 2.29. The third-order valence-electron chi connectivity index (χ3n) is 3.85. The molecule has 1 saturated heterocycles. The fourth-order valence-corrected chi connectivity index (χ4v) is 2.66. The van der Waals surface area contributed by atoms with Gasteiger partial charge in [-0.15, -0.1) is 0 Å². The van der Waals surface area contributed by atoms with Gasteiger partial charge in [-0.3, -0.25) is 4.98 Å². The number of pyridine rings is 1. The molecule has 0 unspecified atom stereocenters. The predicted octanol–water partition coefficient (Wildman–Crippen LogP) is 3.13. The van der Waals surface area contributed by atoms with Gasteiger partial charge in [0.25, 0.3) is 0 Å². The van der Waals surface area contributed by atoms with E-state index in [0.29, 0.717) is 12.9 Å². The molecule has 1 N–H and O–H groups in total. The quantitative estimate of drug-likeness (QED) is 0.861. The summed E-state index contributed by atoms with van der Waals surface area (Å²) < 4.78 is 10.9. The van der Waals surface area contributed by atoms with Gasteiger partial charge in [0.1, 0.15) is 5.75 Å². The maximum Gasteiger partial charge on any atom is 0.454 e. The van der Waals surface area contributed by atoms with Crippen molar-refractivity contribution >= 4 is 7.12 Å². The first-order valence-electron chi connectivity index (χ1n) is 7.74. The van der Waals surface area contributed by atoms with Gasteiger partial charge in [-0.2, -0.15) is 0 Å². The highest BCUT2D eigenvalue weighted by molar-refractivity contribution is 6.43. The van der Waals surface area contributed by atoms with Crippen LogP contribution in [0.15, 0.2) is 42.7 Å². The molecular formula is C17H20BNO3. The predicted molar refractivity (Wildman–Crippen MR) is 86.9 cm³/mol. The van der Waals surface area contributed by atoms with E-state index < -0.39 is 7.12 Å². The summed E-state index contributed by atoms with van der Waals surface area (Å²) in [6, 6.07) is 10.2. The molecule has 0 aliphatic carbocycles. The van der Waals surface area contributed by atoms with Crippen LogP contribution in [0.5, 0.6) is 5.75 Å². The Morgan fingerprint density at radius 3 is 3.00 bits per heavy atom. The molecular weight excluding hydrogens is 277 g/mol. The van der Waals surface area contributed by atoms with E-state index in [9.17, 15) is 5.02 Å². The van der Waals surface area contributed by atoms with Gasteiger partial charge in [0.05, 0.1) is 6.61 Å². The Bertz CT molecular complexity index is 635. The average Bonchev–Trinajstić information content (AvgIpc) is 3.00. The fourth-order valence-electron chi connectivity index (χ4n) is 2.66. The van der Waals surface area contributed by atoms with Crippen LogP contribution in [0.25, 0.3) is 11.1 Å². The smallest absolute Gasteiger partial charge is 0.454 e. The van der Waals surface area contributed by atoms with Crippen molar-refractivity contribution in [2.75, 3.05) is 13.2 Å². The Kier molecular flexibility index (Phi) is 4.75. The van der Waals surface area contributed by atoms with E-state index in [1.807, 2.05) is 30.6 Å². The number of hydrogen-bond acceptors (Lipinski definition) is 4. The molecule has 0 amide bonds. The lowest BCUT2D eigenvalue weighted by Crippen LogP contribution is -2.07. The normalized spacial score (nSPS) is 17.7. The maximum absolute atomic E-state index is 9.51. The highest BCUT2D eigenvalue weighted by Crippen LogP contribution is 2.31. The second-order valence-electron chi connectivity index (χ2n) is 5.60. The van der Waals surface area contributed by atoms with E-state index >= 15 is 0 Å². The number of ether oxygens (including phenoxy) is 1. The average molecular weight is 297 g/mol. The minimum absolute atomic E-state index is 0.210. The van der Waals surface area contributed by atoms with Crippen molar-refractivity contribution in [3.05, 3.63) is 48.3 Å². The monoisotopic (exact) mass is 297 g/mol. The first kappa shape index (κ1) is 15.1. The third-order valence-corrected chi connectivity index (χ3v) is 3.85. The first-order valence-corrected chi connectivity index (χ1v) is 7.74. The zero-order chi connectivity index (χ0) is 15.4. The molecule has 0 radical (unpaired) electrons. The fraction of sp³-hybridized carbons (Fsp3) is 0.353. The molecule has 2 heterocycles. The molecule has 1 atom stereocenters. The Hall–Kier alpha value is -1.85. The summed E-state index contributed by atoms with van der Waals surface area (Å²) in [5, 5.41) is 9.51. The van der Waals surface area contributed by atoms with Gasteiger partial charge in [-0.25, -0.2) is 0 Å². The van der Waals surface area contributed by atoms with Gasteiger partial charge < -0.3 is 14.4 Å². The Labute approximate surface area is 131 Å². The summed E-state index contributed by atoms with van der Waals surface area (Å²) in [6.45, 7) is 3.36. The van der Waals surface area contributed by atoms with Gasteiger partial charge in [-0.1, -0.05) is 19.1 Å². The van der Waals surface area contributed by atoms with Gasteiger partial charge in [-0.05, 0) is 42.1 Å². The summed E-state index contributed by atoms with van der Waals surface area (Å²) in [4.78, 5) is 4.34. The number of rotatable bonds is 5. The van der Waals surface area contributed by atoms with Crippen LogP contribution in [0.3, 0.4) is 0 Å². The zero-order valence-electron chi connectivity index (χ0n) is 12.7. The molecule has 1 aliphatic heterocycles. The molecule has 22 heavy (non-hydrogen) atoms. The van der Waals surface area contributed by atoms with Crippen LogP contribution in [0.4, 0.5) is 0 Å². The topological polar surface area (TPSA) is 51.6 Å². The second kappa shape index (κ2) is 6.94. The van der Waals surface area contributed by atoms with Crippen LogP contribution in [0, 0.1) is 0 Å². The van der Waals surface area contributed by atoms with Crippen LogP contribution >= 0.6 is 0 Å². The molecule has 0 spiro atoms. The lowest BCUT2D eigenvalue weighted by Gasteiger charge is -2.11. The SMILES string of the molecule is CCCOc1cccc(-c2cncc([C@H]3COB(O)C3)c2)c1. The molecule has 1 aromatic heterocycles. The summed E-state index contributed by atoms with van der Waals surface area (Å²) in [6.07, 6.45) is 5.33. The molecule has 5 heteroatoms. The highest BCUT2D eigenvalue weighted by atomic mass is 16.5. The Balaban J connectivity index is 1.82. The van der Waals surface area contributed by atoms with Crippen LogP contribution in [0.1, 0.15) is 24.8 Å². The number of benzene rings is 1. The summed E-state index contributed by atoms with van der Waals surface area (Å²) >= 11 is 0. The molecule has 0 saturated carbocycles. The van der Waals surface area contributed by atoms with E-state index in [1.54, 1.807) is 0 Å². The van der Waals surface area contributed by atoms with E-state index in [2.05, 4.69) is 24.0 Å². The van der Waals surface area contributed by atoms with Crippen molar-refractivity contribution in [2.24, 2.45) is 0 Å². The minimum atomic E-state index is -0.653. The molecule has 0 bridgehead atoms. The number of aromatic nitrogens is 1. The van der Waals surface area contributed by atoms with Gasteiger partial charge in [0.15, 0.2) is 0 Å². The molecule has 114 valence electrons. The van der Waals surface area contributed by atoms with Gasteiger partial charge >= 0.3 is 7.12 Å². The van der Waals surface area contributed by atoms with Crippen molar-refractivity contribution in [1.29, 1.82) is 0 Å². The van der Waals surface area contributed by atoms with Gasteiger partial charge in [0.2, 0.25) is 0 Å².